The fourth-order valence-corrected chi connectivity index (χ4v) is 1.28. The Labute approximate surface area is 87.9 Å². The highest BCUT2D eigenvalue weighted by atomic mass is 16.6. The standard InChI is InChI=1S/C10H14N2O3/c1-7-5-9(11-3-4-13)10(12(14)15)6-8(7)2/h5-6,11,13H,3-4H2,1-2H3. The van der Waals surface area contributed by atoms with Crippen molar-refractivity contribution in [2.75, 3.05) is 18.5 Å². The zero-order chi connectivity index (χ0) is 11.4. The van der Waals surface area contributed by atoms with E-state index < -0.39 is 4.92 Å². The van der Waals surface area contributed by atoms with E-state index in [1.165, 1.54) is 6.07 Å². The molecule has 0 aliphatic rings. The normalized spacial score (nSPS) is 10.1. The summed E-state index contributed by atoms with van der Waals surface area (Å²) in [5.41, 5.74) is 2.38. The van der Waals surface area contributed by atoms with Gasteiger partial charge in [-0.1, -0.05) is 0 Å². The highest BCUT2D eigenvalue weighted by molar-refractivity contribution is 5.64. The highest BCUT2D eigenvalue weighted by Crippen LogP contribution is 2.27. The maximum absolute atomic E-state index is 10.8. The topological polar surface area (TPSA) is 75.4 Å². The van der Waals surface area contributed by atoms with Crippen LogP contribution < -0.4 is 5.32 Å². The molecule has 1 aromatic rings. The molecule has 5 nitrogen and oxygen atoms in total. The zero-order valence-electron chi connectivity index (χ0n) is 8.78. The van der Waals surface area contributed by atoms with Crippen molar-refractivity contribution in [1.82, 2.24) is 0 Å². The van der Waals surface area contributed by atoms with Gasteiger partial charge in [-0.25, -0.2) is 0 Å². The SMILES string of the molecule is Cc1cc(NCCO)c([N+](=O)[O-])cc1C. The summed E-state index contributed by atoms with van der Waals surface area (Å²) < 4.78 is 0. The molecule has 1 aromatic carbocycles. The molecule has 0 aliphatic carbocycles. The molecule has 0 amide bonds. The summed E-state index contributed by atoms with van der Waals surface area (Å²) in [4.78, 5) is 10.3. The first kappa shape index (κ1) is 11.5. The van der Waals surface area contributed by atoms with Crippen LogP contribution in [0.3, 0.4) is 0 Å². The van der Waals surface area contributed by atoms with Crippen LogP contribution in [-0.4, -0.2) is 23.2 Å². The number of hydrogen-bond donors (Lipinski definition) is 2. The molecule has 0 aliphatic heterocycles. The summed E-state index contributed by atoms with van der Waals surface area (Å²) in [6, 6.07) is 3.26. The quantitative estimate of drug-likeness (QED) is 0.584. The minimum Gasteiger partial charge on any atom is -0.395 e. The lowest BCUT2D eigenvalue weighted by Crippen LogP contribution is -2.08. The van der Waals surface area contributed by atoms with E-state index in [0.29, 0.717) is 12.2 Å². The van der Waals surface area contributed by atoms with E-state index in [1.807, 2.05) is 13.8 Å². The number of nitro groups is 1. The Bertz CT molecular complexity index is 377. The molecule has 82 valence electrons. The number of benzene rings is 1. The number of hydrogen-bond acceptors (Lipinski definition) is 4. The summed E-state index contributed by atoms with van der Waals surface area (Å²) >= 11 is 0. The second-order valence-corrected chi connectivity index (χ2v) is 3.36. The molecule has 0 heterocycles. The molecule has 0 aromatic heterocycles. The van der Waals surface area contributed by atoms with Gasteiger partial charge in [0.15, 0.2) is 0 Å². The van der Waals surface area contributed by atoms with Gasteiger partial charge in [0.1, 0.15) is 5.69 Å². The highest BCUT2D eigenvalue weighted by Gasteiger charge is 2.14. The Kier molecular flexibility index (Phi) is 3.62. The van der Waals surface area contributed by atoms with E-state index in [0.717, 1.165) is 11.1 Å². The number of nitrogens with zero attached hydrogens (tertiary/aromatic N) is 1. The molecule has 0 radical (unpaired) electrons. The van der Waals surface area contributed by atoms with Crippen molar-refractivity contribution in [3.63, 3.8) is 0 Å². The van der Waals surface area contributed by atoms with Gasteiger partial charge in [0.25, 0.3) is 5.69 Å². The number of anilines is 1. The van der Waals surface area contributed by atoms with Crippen molar-refractivity contribution in [3.8, 4) is 0 Å². The Balaban J connectivity index is 3.10. The van der Waals surface area contributed by atoms with Gasteiger partial charge in [0, 0.05) is 12.6 Å². The van der Waals surface area contributed by atoms with E-state index in [2.05, 4.69) is 5.32 Å². The maximum atomic E-state index is 10.8. The maximum Gasteiger partial charge on any atom is 0.292 e. The summed E-state index contributed by atoms with van der Waals surface area (Å²) in [6.07, 6.45) is 0. The molecular formula is C10H14N2O3. The van der Waals surface area contributed by atoms with Gasteiger partial charge in [-0.05, 0) is 31.0 Å². The third-order valence-corrected chi connectivity index (χ3v) is 2.24. The lowest BCUT2D eigenvalue weighted by Gasteiger charge is -2.08. The molecule has 0 bridgehead atoms. The van der Waals surface area contributed by atoms with Crippen molar-refractivity contribution < 1.29 is 10.0 Å². The van der Waals surface area contributed by atoms with Gasteiger partial charge >= 0.3 is 0 Å². The predicted octanol–water partition coefficient (Wildman–Crippen LogP) is 1.62. The van der Waals surface area contributed by atoms with Crippen LogP contribution in [-0.2, 0) is 0 Å². The van der Waals surface area contributed by atoms with E-state index in [4.69, 9.17) is 5.11 Å². The largest absolute Gasteiger partial charge is 0.395 e. The Hall–Kier alpha value is -1.62. The van der Waals surface area contributed by atoms with Gasteiger partial charge in [-0.15, -0.1) is 0 Å². The van der Waals surface area contributed by atoms with E-state index >= 15 is 0 Å². The average molecular weight is 210 g/mol. The Morgan fingerprint density at radius 3 is 2.53 bits per heavy atom. The second-order valence-electron chi connectivity index (χ2n) is 3.36. The first-order valence-corrected chi connectivity index (χ1v) is 4.66. The molecule has 0 unspecified atom stereocenters. The van der Waals surface area contributed by atoms with Crippen molar-refractivity contribution in [2.45, 2.75) is 13.8 Å². The molecule has 0 atom stereocenters. The Morgan fingerprint density at radius 1 is 1.40 bits per heavy atom. The summed E-state index contributed by atoms with van der Waals surface area (Å²) in [7, 11) is 0. The molecule has 0 fully saturated rings. The van der Waals surface area contributed by atoms with Gasteiger partial charge in [-0.2, -0.15) is 0 Å². The number of nitro benzene ring substituents is 1. The molecule has 2 N–H and O–H groups in total. The Morgan fingerprint density at radius 2 is 2.00 bits per heavy atom. The van der Waals surface area contributed by atoms with Crippen molar-refractivity contribution in [2.24, 2.45) is 0 Å². The first-order chi connectivity index (χ1) is 7.06. The van der Waals surface area contributed by atoms with Crippen molar-refractivity contribution in [3.05, 3.63) is 33.4 Å². The summed E-state index contributed by atoms with van der Waals surface area (Å²) in [6.45, 7) is 3.98. The third kappa shape index (κ3) is 2.66. The van der Waals surface area contributed by atoms with Gasteiger partial charge in [0.2, 0.25) is 0 Å². The minimum absolute atomic E-state index is 0.0477. The summed E-state index contributed by atoms with van der Waals surface area (Å²) in [5.74, 6) is 0. The average Bonchev–Trinajstić information content (AvgIpc) is 2.19. The van der Waals surface area contributed by atoms with Crippen LogP contribution in [0.4, 0.5) is 11.4 Å². The lowest BCUT2D eigenvalue weighted by molar-refractivity contribution is -0.384. The van der Waals surface area contributed by atoms with Crippen LogP contribution >= 0.6 is 0 Å². The first-order valence-electron chi connectivity index (χ1n) is 4.66. The number of rotatable bonds is 4. The van der Waals surface area contributed by atoms with E-state index in [-0.39, 0.29) is 12.3 Å². The molecule has 0 spiro atoms. The number of nitrogens with one attached hydrogen (secondary N) is 1. The van der Waals surface area contributed by atoms with Crippen LogP contribution in [0.25, 0.3) is 0 Å². The number of aliphatic hydroxyl groups is 1. The minimum atomic E-state index is -0.424. The second kappa shape index (κ2) is 4.75. The number of aryl methyl sites for hydroxylation is 2. The molecular weight excluding hydrogens is 196 g/mol. The van der Waals surface area contributed by atoms with Crippen LogP contribution in [0.15, 0.2) is 12.1 Å². The van der Waals surface area contributed by atoms with Gasteiger partial charge < -0.3 is 10.4 Å². The molecule has 0 saturated carbocycles. The van der Waals surface area contributed by atoms with Crippen LogP contribution in [0.2, 0.25) is 0 Å². The predicted molar refractivity (Wildman–Crippen MR) is 58.1 cm³/mol. The monoisotopic (exact) mass is 210 g/mol. The van der Waals surface area contributed by atoms with Crippen molar-refractivity contribution >= 4 is 11.4 Å². The lowest BCUT2D eigenvalue weighted by atomic mass is 10.1. The smallest absolute Gasteiger partial charge is 0.292 e. The fraction of sp³-hybridized carbons (Fsp3) is 0.400. The van der Waals surface area contributed by atoms with E-state index in [9.17, 15) is 10.1 Å². The van der Waals surface area contributed by atoms with Crippen LogP contribution in [0, 0.1) is 24.0 Å². The number of aliphatic hydroxyl groups excluding tert-OH is 1. The van der Waals surface area contributed by atoms with E-state index in [1.54, 1.807) is 6.07 Å². The molecule has 0 saturated heterocycles. The molecule has 15 heavy (non-hydrogen) atoms. The fourth-order valence-electron chi connectivity index (χ4n) is 1.28. The summed E-state index contributed by atoms with van der Waals surface area (Å²) in [5, 5.41) is 22.2. The third-order valence-electron chi connectivity index (χ3n) is 2.24. The van der Waals surface area contributed by atoms with Gasteiger partial charge in [0.05, 0.1) is 11.5 Å². The van der Waals surface area contributed by atoms with Crippen LogP contribution in [0.1, 0.15) is 11.1 Å². The van der Waals surface area contributed by atoms with Crippen LogP contribution in [0.5, 0.6) is 0 Å². The zero-order valence-corrected chi connectivity index (χ0v) is 8.78. The van der Waals surface area contributed by atoms with Gasteiger partial charge in [-0.3, -0.25) is 10.1 Å². The molecule has 5 heteroatoms. The van der Waals surface area contributed by atoms with Crippen molar-refractivity contribution in [1.29, 1.82) is 0 Å². The molecule has 1 rings (SSSR count).